The van der Waals surface area contributed by atoms with Crippen LogP contribution in [0.2, 0.25) is 0 Å². The first-order valence-corrected chi connectivity index (χ1v) is 11.9. The zero-order chi connectivity index (χ0) is 22.7. The third-order valence-electron chi connectivity index (χ3n) is 4.54. The summed E-state index contributed by atoms with van der Waals surface area (Å²) in [7, 11) is -2.81. The zero-order valence-electron chi connectivity index (χ0n) is 16.8. The summed E-state index contributed by atoms with van der Waals surface area (Å²) in [6.45, 7) is 0. The maximum Gasteiger partial charge on any atom is 0.317 e. The Morgan fingerprint density at radius 1 is 1.06 bits per heavy atom. The van der Waals surface area contributed by atoms with Crippen LogP contribution in [-0.2, 0) is 20.6 Å². The van der Waals surface area contributed by atoms with E-state index in [-0.39, 0.29) is 10.8 Å². The van der Waals surface area contributed by atoms with Crippen LogP contribution in [0.15, 0.2) is 87.2 Å². The minimum atomic E-state index is -4.08. The summed E-state index contributed by atoms with van der Waals surface area (Å²) in [6, 6.07) is 19.0. The first kappa shape index (κ1) is 21.8. The van der Waals surface area contributed by atoms with Crippen molar-refractivity contribution in [2.45, 2.75) is 15.7 Å². The van der Waals surface area contributed by atoms with Gasteiger partial charge in [0.15, 0.2) is 7.11 Å². The van der Waals surface area contributed by atoms with Crippen molar-refractivity contribution in [1.82, 2.24) is 0 Å². The second-order valence-electron chi connectivity index (χ2n) is 6.75. The summed E-state index contributed by atoms with van der Waals surface area (Å²) in [4.78, 5) is 17.2. The van der Waals surface area contributed by atoms with E-state index in [2.05, 4.69) is 9.56 Å². The average Bonchev–Trinajstić information content (AvgIpc) is 3.23. The summed E-state index contributed by atoms with van der Waals surface area (Å²) < 4.78 is 47.5. The molecule has 10 heteroatoms. The molecule has 0 saturated heterocycles. The van der Waals surface area contributed by atoms with Crippen LogP contribution in [0.25, 0.3) is 11.0 Å². The van der Waals surface area contributed by atoms with Gasteiger partial charge >= 0.3 is 5.69 Å². The Morgan fingerprint density at radius 3 is 2.66 bits per heavy atom. The van der Waals surface area contributed by atoms with Crippen LogP contribution in [0.5, 0.6) is 0 Å². The second kappa shape index (κ2) is 9.01. The van der Waals surface area contributed by atoms with Gasteiger partial charge in [-0.3, -0.25) is 4.72 Å². The van der Waals surface area contributed by atoms with Gasteiger partial charge < -0.3 is 4.42 Å². The van der Waals surface area contributed by atoms with Crippen molar-refractivity contribution < 1.29 is 27.0 Å². The number of rotatable bonds is 8. The number of sulfonamides is 1. The highest BCUT2D eigenvalue weighted by Gasteiger charge is 2.22. The summed E-state index contributed by atoms with van der Waals surface area (Å²) in [5.74, 6) is -0.170. The van der Waals surface area contributed by atoms with E-state index in [1.165, 1.54) is 37.1 Å². The highest BCUT2D eigenvalue weighted by atomic mass is 32.2. The number of furan rings is 1. The van der Waals surface area contributed by atoms with Gasteiger partial charge in [-0.05, 0) is 29.8 Å². The number of hydrogen-bond donors (Lipinski definition) is 1. The fourth-order valence-electron chi connectivity index (χ4n) is 3.02. The molecule has 1 heterocycles. The summed E-state index contributed by atoms with van der Waals surface area (Å²) in [5, 5.41) is 0.381. The van der Waals surface area contributed by atoms with Crippen LogP contribution in [0.1, 0.15) is 5.56 Å². The van der Waals surface area contributed by atoms with E-state index in [9.17, 15) is 17.7 Å². The maximum atomic E-state index is 13.9. The number of hydrogen-bond acceptors (Lipinski definition) is 6. The van der Waals surface area contributed by atoms with E-state index in [4.69, 9.17) is 4.42 Å². The molecule has 4 rings (SSSR count). The predicted octanol–water partition coefficient (Wildman–Crippen LogP) is 5.64. The Hall–Kier alpha value is -3.37. The molecule has 3 aromatic carbocycles. The molecule has 0 aliphatic carbocycles. The van der Waals surface area contributed by atoms with E-state index in [1.807, 2.05) is 6.07 Å². The Labute approximate surface area is 187 Å². The van der Waals surface area contributed by atoms with Gasteiger partial charge in [-0.2, -0.15) is 8.42 Å². The lowest BCUT2D eigenvalue weighted by atomic mass is 10.2. The fraction of sp³-hybridized carbons (Fsp3) is 0.0909. The molecule has 1 N–H and O–H groups in total. The molecule has 0 bridgehead atoms. The first-order valence-electron chi connectivity index (χ1n) is 9.40. The number of nitrogens with zero attached hydrogens (tertiary/aromatic N) is 1. The summed E-state index contributed by atoms with van der Waals surface area (Å²) in [6.07, 6.45) is 0. The van der Waals surface area contributed by atoms with Crippen molar-refractivity contribution >= 4 is 44.1 Å². The topological polar surface area (TPSA) is 88.6 Å². The van der Waals surface area contributed by atoms with Crippen molar-refractivity contribution in [3.05, 3.63) is 89.1 Å². The van der Waals surface area contributed by atoms with Gasteiger partial charge in [0.25, 0.3) is 14.9 Å². The van der Waals surface area contributed by atoms with Crippen LogP contribution in [0.4, 0.5) is 15.8 Å². The number of anilines is 1. The first-order chi connectivity index (χ1) is 15.4. The van der Waals surface area contributed by atoms with Crippen LogP contribution < -0.4 is 4.72 Å². The SMILES string of the molecule is CO[N+](=O)c1cccc(CSc2ccc(F)cc2NS(=O)(=O)c2cc3ccccc3o2)c1. The fourth-order valence-corrected chi connectivity index (χ4v) is 5.06. The summed E-state index contributed by atoms with van der Waals surface area (Å²) >= 11 is 1.29. The van der Waals surface area contributed by atoms with Gasteiger partial charge in [0, 0.05) is 34.2 Å². The molecule has 0 saturated carbocycles. The van der Waals surface area contributed by atoms with Gasteiger partial charge in [0.2, 0.25) is 5.09 Å². The van der Waals surface area contributed by atoms with Gasteiger partial charge in [-0.15, -0.1) is 11.8 Å². The number of halogens is 1. The normalized spacial score (nSPS) is 11.4. The molecule has 32 heavy (non-hydrogen) atoms. The van der Waals surface area contributed by atoms with Crippen molar-refractivity contribution in [1.29, 1.82) is 0 Å². The van der Waals surface area contributed by atoms with E-state index < -0.39 is 15.8 Å². The average molecular weight is 474 g/mol. The van der Waals surface area contributed by atoms with Crippen molar-refractivity contribution in [3.63, 3.8) is 0 Å². The van der Waals surface area contributed by atoms with Gasteiger partial charge in [-0.1, -0.05) is 30.3 Å². The lowest BCUT2D eigenvalue weighted by Gasteiger charge is -2.11. The summed E-state index contributed by atoms with van der Waals surface area (Å²) in [5.41, 5.74) is 1.66. The molecule has 164 valence electrons. The lowest BCUT2D eigenvalue weighted by Crippen LogP contribution is -2.13. The smallest absolute Gasteiger partial charge is 0.317 e. The van der Waals surface area contributed by atoms with Crippen LogP contribution >= 0.6 is 11.8 Å². The zero-order valence-corrected chi connectivity index (χ0v) is 18.5. The Kier molecular flexibility index (Phi) is 6.15. The standard InChI is InChI=1S/C22H18FN2O5S2/c1-29-25(26)18-7-4-5-15(11-18)14-31-21-10-9-17(23)13-19(21)24-32(27,28)22-12-16-6-2-3-8-20(16)30-22/h2-13,24H,14H2,1H3/q+1. The molecule has 0 amide bonds. The lowest BCUT2D eigenvalue weighted by molar-refractivity contribution is -0.736. The molecular formula is C22H18FN2O5S2+. The van der Waals surface area contributed by atoms with Crippen LogP contribution in [0.3, 0.4) is 0 Å². The van der Waals surface area contributed by atoms with Crippen molar-refractivity contribution in [2.75, 3.05) is 11.8 Å². The largest absolute Gasteiger partial charge is 0.443 e. The quantitative estimate of drug-likeness (QED) is 0.263. The minimum absolute atomic E-state index is 0.0916. The van der Waals surface area contributed by atoms with E-state index in [1.54, 1.807) is 42.5 Å². The number of nitrogens with one attached hydrogen (secondary N) is 1. The maximum absolute atomic E-state index is 13.9. The van der Waals surface area contributed by atoms with E-state index >= 15 is 0 Å². The molecule has 0 aliphatic heterocycles. The highest BCUT2D eigenvalue weighted by Crippen LogP contribution is 2.33. The Balaban J connectivity index is 1.58. The monoisotopic (exact) mass is 473 g/mol. The second-order valence-corrected chi connectivity index (χ2v) is 9.38. The molecule has 4 aromatic rings. The van der Waals surface area contributed by atoms with E-state index in [0.29, 0.717) is 32.2 Å². The van der Waals surface area contributed by atoms with Crippen LogP contribution in [-0.4, -0.2) is 20.5 Å². The number of thioether (sulfide) groups is 1. The minimum Gasteiger partial charge on any atom is -0.443 e. The Morgan fingerprint density at radius 2 is 1.88 bits per heavy atom. The van der Waals surface area contributed by atoms with Crippen LogP contribution in [0, 0.1) is 10.7 Å². The molecule has 0 radical (unpaired) electrons. The molecule has 0 fully saturated rings. The molecular weight excluding hydrogens is 455 g/mol. The van der Waals surface area contributed by atoms with Crippen molar-refractivity contribution in [3.8, 4) is 0 Å². The van der Waals surface area contributed by atoms with Gasteiger partial charge in [0.05, 0.1) is 10.6 Å². The third kappa shape index (κ3) is 4.76. The van der Waals surface area contributed by atoms with Gasteiger partial charge in [-0.25, -0.2) is 9.23 Å². The molecule has 1 aromatic heterocycles. The number of fused-ring (bicyclic) bond motifs is 1. The molecule has 0 aliphatic rings. The molecule has 0 atom stereocenters. The number of benzene rings is 3. The molecule has 0 spiro atoms. The van der Waals surface area contributed by atoms with E-state index in [0.717, 1.165) is 11.6 Å². The third-order valence-corrected chi connectivity index (χ3v) is 6.90. The Bertz CT molecular complexity index is 1370. The molecule has 0 unspecified atom stereocenters. The van der Waals surface area contributed by atoms with Crippen molar-refractivity contribution in [2.24, 2.45) is 0 Å². The predicted molar refractivity (Wildman–Crippen MR) is 120 cm³/mol. The molecule has 7 nitrogen and oxygen atoms in total. The number of para-hydroxylation sites is 1. The highest BCUT2D eigenvalue weighted by molar-refractivity contribution is 7.98. The van der Waals surface area contributed by atoms with Gasteiger partial charge in [0.1, 0.15) is 11.4 Å².